The number of ether oxygens (including phenoxy) is 1. The molecule has 7 heteroatoms. The van der Waals surface area contributed by atoms with Gasteiger partial charge in [-0.3, -0.25) is 9.59 Å². The molecule has 1 aromatic heterocycles. The van der Waals surface area contributed by atoms with Crippen LogP contribution in [-0.2, 0) is 16.1 Å². The van der Waals surface area contributed by atoms with Crippen molar-refractivity contribution in [2.24, 2.45) is 0 Å². The molecule has 132 valence electrons. The number of nitrogens with zero attached hydrogens (tertiary/aromatic N) is 2. The van der Waals surface area contributed by atoms with Gasteiger partial charge in [-0.25, -0.2) is 0 Å². The number of anilines is 2. The molecule has 1 N–H and O–H groups in total. The van der Waals surface area contributed by atoms with E-state index in [-0.39, 0.29) is 17.9 Å². The van der Waals surface area contributed by atoms with Crippen molar-refractivity contribution in [2.45, 2.75) is 13.0 Å². The lowest BCUT2D eigenvalue weighted by Gasteiger charge is -2.30. The van der Waals surface area contributed by atoms with Gasteiger partial charge in [-0.15, -0.1) is 0 Å². The Morgan fingerprint density at radius 2 is 2.00 bits per heavy atom. The fourth-order valence-electron chi connectivity index (χ4n) is 2.77. The third-order valence-corrected chi connectivity index (χ3v) is 4.56. The van der Waals surface area contributed by atoms with E-state index in [2.05, 4.69) is 26.1 Å². The Kier molecular flexibility index (Phi) is 5.88. The molecule has 25 heavy (non-hydrogen) atoms. The molecule has 0 spiro atoms. The molecule has 1 saturated heterocycles. The third-order valence-electron chi connectivity index (χ3n) is 4.06. The monoisotopic (exact) mass is 405 g/mol. The number of carbonyl (C=O) groups excluding carboxylic acids is 1. The molecule has 3 rings (SSSR count). The van der Waals surface area contributed by atoms with Crippen molar-refractivity contribution in [3.63, 3.8) is 0 Å². The van der Waals surface area contributed by atoms with Crippen molar-refractivity contribution < 1.29 is 9.53 Å². The lowest BCUT2D eigenvalue weighted by atomic mass is 10.2. The summed E-state index contributed by atoms with van der Waals surface area (Å²) in [5, 5.41) is 2.97. The maximum atomic E-state index is 12.4. The second kappa shape index (κ2) is 8.31. The van der Waals surface area contributed by atoms with E-state index in [1.807, 2.05) is 18.2 Å². The summed E-state index contributed by atoms with van der Waals surface area (Å²) in [5.74, 6) is -0.122. The second-order valence-electron chi connectivity index (χ2n) is 5.79. The van der Waals surface area contributed by atoms with E-state index in [0.29, 0.717) is 19.8 Å². The van der Waals surface area contributed by atoms with Gasteiger partial charge in [0.1, 0.15) is 0 Å². The smallest absolute Gasteiger partial charge is 0.250 e. The van der Waals surface area contributed by atoms with E-state index < -0.39 is 0 Å². The number of aromatic nitrogens is 1. The summed E-state index contributed by atoms with van der Waals surface area (Å²) in [5.41, 5.74) is 1.64. The first-order chi connectivity index (χ1) is 12.1. The summed E-state index contributed by atoms with van der Waals surface area (Å²) in [7, 11) is 0. The highest BCUT2D eigenvalue weighted by Gasteiger charge is 2.16. The molecule has 2 aromatic rings. The zero-order valence-electron chi connectivity index (χ0n) is 13.8. The average Bonchev–Trinajstić information content (AvgIpc) is 2.62. The summed E-state index contributed by atoms with van der Waals surface area (Å²) in [6.07, 6.45) is 1.92. The maximum Gasteiger partial charge on any atom is 0.250 e. The van der Waals surface area contributed by atoms with Gasteiger partial charge in [0.25, 0.3) is 5.56 Å². The number of halogens is 1. The summed E-state index contributed by atoms with van der Waals surface area (Å²) in [6, 6.07) is 10.8. The molecule has 0 aliphatic carbocycles. The van der Waals surface area contributed by atoms with Gasteiger partial charge in [0.05, 0.1) is 24.6 Å². The quantitative estimate of drug-likeness (QED) is 0.829. The van der Waals surface area contributed by atoms with Crippen LogP contribution in [0.1, 0.15) is 6.42 Å². The zero-order chi connectivity index (χ0) is 17.6. The highest BCUT2D eigenvalue weighted by atomic mass is 79.9. The largest absolute Gasteiger partial charge is 0.378 e. The van der Waals surface area contributed by atoms with Crippen molar-refractivity contribution in [1.29, 1.82) is 0 Å². The number of pyridine rings is 1. The van der Waals surface area contributed by atoms with Crippen molar-refractivity contribution in [3.05, 3.63) is 57.4 Å². The Morgan fingerprint density at radius 1 is 1.20 bits per heavy atom. The first-order valence-electron chi connectivity index (χ1n) is 8.21. The van der Waals surface area contributed by atoms with Crippen molar-refractivity contribution in [2.75, 3.05) is 36.5 Å². The third kappa shape index (κ3) is 4.70. The fourth-order valence-corrected chi connectivity index (χ4v) is 3.13. The van der Waals surface area contributed by atoms with E-state index >= 15 is 0 Å². The predicted molar refractivity (Wildman–Crippen MR) is 101 cm³/mol. The molecule has 0 bridgehead atoms. The molecule has 1 aromatic carbocycles. The van der Waals surface area contributed by atoms with Crippen molar-refractivity contribution in [1.82, 2.24) is 4.57 Å². The maximum absolute atomic E-state index is 12.4. The van der Waals surface area contributed by atoms with Gasteiger partial charge in [0, 0.05) is 42.8 Å². The van der Waals surface area contributed by atoms with Crippen LogP contribution >= 0.6 is 15.9 Å². The molecule has 1 aliphatic heterocycles. The molecule has 0 atom stereocenters. The number of rotatable bonds is 5. The Hall–Kier alpha value is -2.12. The SMILES string of the molecule is O=C(CCn1ccccc1=O)Nc1cc(Br)ccc1N1CCOCC1. The van der Waals surface area contributed by atoms with E-state index in [1.165, 1.54) is 10.6 Å². The molecule has 1 aliphatic rings. The minimum Gasteiger partial charge on any atom is -0.378 e. The number of morpholine rings is 1. The second-order valence-corrected chi connectivity index (χ2v) is 6.71. The number of aryl methyl sites for hydroxylation is 1. The summed E-state index contributed by atoms with van der Waals surface area (Å²) in [6.45, 7) is 3.31. The number of benzene rings is 1. The molecule has 0 radical (unpaired) electrons. The van der Waals surface area contributed by atoms with Crippen LogP contribution in [0.25, 0.3) is 0 Å². The molecule has 1 fully saturated rings. The van der Waals surface area contributed by atoms with Gasteiger partial charge in [-0.1, -0.05) is 22.0 Å². The van der Waals surface area contributed by atoms with Crippen LogP contribution in [0.2, 0.25) is 0 Å². The first-order valence-corrected chi connectivity index (χ1v) is 9.00. The molecule has 0 saturated carbocycles. The van der Waals surface area contributed by atoms with Crippen LogP contribution in [0.3, 0.4) is 0 Å². The topological polar surface area (TPSA) is 63.6 Å². The van der Waals surface area contributed by atoms with Gasteiger partial charge in [-0.05, 0) is 24.3 Å². The van der Waals surface area contributed by atoms with Crippen molar-refractivity contribution in [3.8, 4) is 0 Å². The van der Waals surface area contributed by atoms with Gasteiger partial charge in [0.2, 0.25) is 5.91 Å². The molecular formula is C18H20BrN3O3. The molecular weight excluding hydrogens is 386 g/mol. The van der Waals surface area contributed by atoms with E-state index in [1.54, 1.807) is 18.3 Å². The molecule has 6 nitrogen and oxygen atoms in total. The van der Waals surface area contributed by atoms with Gasteiger partial charge in [0.15, 0.2) is 0 Å². The first kappa shape index (κ1) is 17.7. The van der Waals surface area contributed by atoms with Crippen LogP contribution in [-0.4, -0.2) is 36.8 Å². The number of amides is 1. The number of hydrogen-bond donors (Lipinski definition) is 1. The average molecular weight is 406 g/mol. The number of nitrogens with one attached hydrogen (secondary N) is 1. The Morgan fingerprint density at radius 3 is 2.76 bits per heavy atom. The van der Waals surface area contributed by atoms with E-state index in [9.17, 15) is 9.59 Å². The highest BCUT2D eigenvalue weighted by Crippen LogP contribution is 2.30. The summed E-state index contributed by atoms with van der Waals surface area (Å²) in [4.78, 5) is 26.3. The van der Waals surface area contributed by atoms with Crippen LogP contribution in [0.4, 0.5) is 11.4 Å². The van der Waals surface area contributed by atoms with E-state index in [4.69, 9.17) is 4.74 Å². The van der Waals surface area contributed by atoms with Gasteiger partial charge < -0.3 is 19.5 Å². The van der Waals surface area contributed by atoms with Crippen molar-refractivity contribution >= 4 is 33.2 Å². The number of carbonyl (C=O) groups is 1. The normalized spacial score (nSPS) is 14.4. The van der Waals surface area contributed by atoms with Gasteiger partial charge in [-0.2, -0.15) is 0 Å². The molecule has 0 unspecified atom stereocenters. The van der Waals surface area contributed by atoms with Crippen LogP contribution in [0.15, 0.2) is 51.9 Å². The summed E-state index contributed by atoms with van der Waals surface area (Å²) < 4.78 is 7.83. The Bertz CT molecular complexity index is 800. The Labute approximate surface area is 154 Å². The molecule has 2 heterocycles. The van der Waals surface area contributed by atoms with Gasteiger partial charge >= 0.3 is 0 Å². The lowest BCUT2D eigenvalue weighted by molar-refractivity contribution is -0.116. The van der Waals surface area contributed by atoms with Crippen LogP contribution in [0, 0.1) is 0 Å². The number of hydrogen-bond acceptors (Lipinski definition) is 4. The Balaban J connectivity index is 1.69. The summed E-state index contributed by atoms with van der Waals surface area (Å²) >= 11 is 3.46. The zero-order valence-corrected chi connectivity index (χ0v) is 15.4. The minimum atomic E-state index is -0.122. The van der Waals surface area contributed by atoms with Crippen LogP contribution < -0.4 is 15.8 Å². The minimum absolute atomic E-state index is 0.105. The fraction of sp³-hybridized carbons (Fsp3) is 0.333. The van der Waals surface area contributed by atoms with E-state index in [0.717, 1.165) is 28.9 Å². The van der Waals surface area contributed by atoms with Crippen LogP contribution in [0.5, 0.6) is 0 Å². The standard InChI is InChI=1S/C18H20BrN3O3/c19-14-4-5-16(21-9-11-25-12-10-21)15(13-14)20-17(23)6-8-22-7-2-1-3-18(22)24/h1-5,7,13H,6,8-12H2,(H,20,23). The molecule has 1 amide bonds. The lowest BCUT2D eigenvalue weighted by Crippen LogP contribution is -2.36. The predicted octanol–water partition coefficient (Wildman–Crippen LogP) is 2.48. The highest BCUT2D eigenvalue weighted by molar-refractivity contribution is 9.10.